The molecule has 5 heteroatoms. The number of nitrogens with zero attached hydrogens (tertiary/aromatic N) is 3. The number of hydrogen-bond acceptors (Lipinski definition) is 3. The van der Waals surface area contributed by atoms with Crippen LogP contribution in [-0.2, 0) is 6.54 Å². The Kier molecular flexibility index (Phi) is 4.16. The summed E-state index contributed by atoms with van der Waals surface area (Å²) in [6.07, 6.45) is 1.66. The van der Waals surface area contributed by atoms with Gasteiger partial charge in [0.05, 0.1) is 17.8 Å². The highest BCUT2D eigenvalue weighted by molar-refractivity contribution is 6.03. The summed E-state index contributed by atoms with van der Waals surface area (Å²) in [5.74, 6) is 0.911. The topological polar surface area (TPSA) is 70.7 Å². The third-order valence-corrected chi connectivity index (χ3v) is 2.77. The predicted octanol–water partition coefficient (Wildman–Crippen LogP) is 2.66. The lowest BCUT2D eigenvalue weighted by atomic mass is 10.1. The summed E-state index contributed by atoms with van der Waals surface area (Å²) in [4.78, 5) is 12.1. The van der Waals surface area contributed by atoms with Crippen LogP contribution in [0.25, 0.3) is 0 Å². The maximum absolute atomic E-state index is 12.1. The zero-order chi connectivity index (χ0) is 14.5. The molecule has 2 rings (SSSR count). The van der Waals surface area contributed by atoms with Gasteiger partial charge in [-0.25, -0.2) is 4.68 Å². The third-order valence-electron chi connectivity index (χ3n) is 2.77. The molecule has 0 saturated heterocycles. The van der Waals surface area contributed by atoms with Gasteiger partial charge in [0.2, 0.25) is 0 Å². The fourth-order valence-electron chi connectivity index (χ4n) is 1.81. The Balaban J connectivity index is 2.11. The van der Waals surface area contributed by atoms with Crippen LogP contribution in [0.3, 0.4) is 0 Å². The first-order valence-electron chi connectivity index (χ1n) is 6.43. The van der Waals surface area contributed by atoms with Crippen LogP contribution in [0, 0.1) is 17.2 Å². The van der Waals surface area contributed by atoms with Crippen LogP contribution in [-0.4, -0.2) is 15.7 Å². The Labute approximate surface area is 117 Å². The standard InChI is InChI=1S/C15H16N4O/c1-11(2)10-19-14(7-8-17-19)18-15(20)13-5-3-12(9-16)4-6-13/h3-8,11H,10H2,1-2H3,(H,18,20). The lowest BCUT2D eigenvalue weighted by Crippen LogP contribution is -2.17. The highest BCUT2D eigenvalue weighted by Gasteiger charge is 2.10. The molecule has 1 heterocycles. The summed E-state index contributed by atoms with van der Waals surface area (Å²) in [5.41, 5.74) is 1.05. The van der Waals surface area contributed by atoms with Crippen molar-refractivity contribution in [2.24, 2.45) is 5.92 Å². The number of benzene rings is 1. The van der Waals surface area contributed by atoms with Crippen LogP contribution in [0.1, 0.15) is 29.8 Å². The number of rotatable bonds is 4. The van der Waals surface area contributed by atoms with Gasteiger partial charge in [-0.1, -0.05) is 13.8 Å². The minimum Gasteiger partial charge on any atom is -0.307 e. The SMILES string of the molecule is CC(C)Cn1nccc1NC(=O)c1ccc(C#N)cc1. The third kappa shape index (κ3) is 3.23. The van der Waals surface area contributed by atoms with Crippen molar-refractivity contribution in [3.63, 3.8) is 0 Å². The molecule has 0 aliphatic rings. The first-order valence-corrected chi connectivity index (χ1v) is 6.43. The van der Waals surface area contributed by atoms with Crippen LogP contribution >= 0.6 is 0 Å². The van der Waals surface area contributed by atoms with Crippen LogP contribution in [0.2, 0.25) is 0 Å². The first-order chi connectivity index (χ1) is 9.60. The van der Waals surface area contributed by atoms with Crippen molar-refractivity contribution in [1.82, 2.24) is 9.78 Å². The summed E-state index contributed by atoms with van der Waals surface area (Å²) < 4.78 is 1.77. The summed E-state index contributed by atoms with van der Waals surface area (Å²) in [5, 5.41) is 15.8. The maximum atomic E-state index is 12.1. The van der Waals surface area contributed by atoms with Crippen molar-refractivity contribution in [3.8, 4) is 6.07 Å². The number of amides is 1. The number of nitriles is 1. The van der Waals surface area contributed by atoms with Gasteiger partial charge in [0.15, 0.2) is 0 Å². The fourth-order valence-corrected chi connectivity index (χ4v) is 1.81. The molecular formula is C15H16N4O. The number of carbonyl (C=O) groups excluding carboxylic acids is 1. The van der Waals surface area contributed by atoms with Gasteiger partial charge in [-0.05, 0) is 30.2 Å². The molecule has 0 unspecified atom stereocenters. The number of hydrogen-bond donors (Lipinski definition) is 1. The highest BCUT2D eigenvalue weighted by Crippen LogP contribution is 2.12. The Morgan fingerprint density at radius 3 is 2.65 bits per heavy atom. The molecular weight excluding hydrogens is 252 g/mol. The van der Waals surface area contributed by atoms with E-state index in [-0.39, 0.29) is 5.91 Å². The van der Waals surface area contributed by atoms with Crippen molar-refractivity contribution < 1.29 is 4.79 Å². The van der Waals surface area contributed by atoms with Gasteiger partial charge < -0.3 is 5.32 Å². The van der Waals surface area contributed by atoms with E-state index in [1.807, 2.05) is 6.07 Å². The lowest BCUT2D eigenvalue weighted by Gasteiger charge is -2.10. The molecule has 1 N–H and O–H groups in total. The molecule has 2 aromatic rings. The van der Waals surface area contributed by atoms with E-state index in [0.29, 0.717) is 22.9 Å². The van der Waals surface area contributed by atoms with Gasteiger partial charge in [-0.2, -0.15) is 10.4 Å². The van der Waals surface area contributed by atoms with Crippen molar-refractivity contribution >= 4 is 11.7 Å². The lowest BCUT2D eigenvalue weighted by molar-refractivity contribution is 0.102. The first kappa shape index (κ1) is 13.8. The van der Waals surface area contributed by atoms with E-state index in [1.165, 1.54) is 0 Å². The van der Waals surface area contributed by atoms with Crippen LogP contribution in [0.4, 0.5) is 5.82 Å². The summed E-state index contributed by atoms with van der Waals surface area (Å²) in [6.45, 7) is 4.93. The van der Waals surface area contributed by atoms with Crippen molar-refractivity contribution in [3.05, 3.63) is 47.7 Å². The van der Waals surface area contributed by atoms with E-state index in [4.69, 9.17) is 5.26 Å². The van der Waals surface area contributed by atoms with E-state index in [9.17, 15) is 4.79 Å². The van der Waals surface area contributed by atoms with Gasteiger partial charge in [0, 0.05) is 18.2 Å². The monoisotopic (exact) mass is 268 g/mol. The molecule has 0 radical (unpaired) electrons. The summed E-state index contributed by atoms with van der Waals surface area (Å²) in [6, 6.07) is 10.3. The molecule has 1 amide bonds. The van der Waals surface area contributed by atoms with E-state index in [2.05, 4.69) is 24.3 Å². The summed E-state index contributed by atoms with van der Waals surface area (Å²) >= 11 is 0. The molecule has 1 aromatic heterocycles. The molecule has 0 atom stereocenters. The van der Waals surface area contributed by atoms with Gasteiger partial charge in [-0.3, -0.25) is 4.79 Å². The predicted molar refractivity (Wildman–Crippen MR) is 76.2 cm³/mol. The number of nitrogens with one attached hydrogen (secondary N) is 1. The molecule has 0 fully saturated rings. The molecule has 0 spiro atoms. The Bertz CT molecular complexity index is 635. The molecule has 0 aliphatic heterocycles. The van der Waals surface area contributed by atoms with E-state index >= 15 is 0 Å². The zero-order valence-corrected chi connectivity index (χ0v) is 11.5. The smallest absolute Gasteiger partial charge is 0.256 e. The largest absolute Gasteiger partial charge is 0.307 e. The van der Waals surface area contributed by atoms with Gasteiger partial charge >= 0.3 is 0 Å². The van der Waals surface area contributed by atoms with Crippen LogP contribution in [0.15, 0.2) is 36.5 Å². The Morgan fingerprint density at radius 2 is 2.05 bits per heavy atom. The Hall–Kier alpha value is -2.61. The van der Waals surface area contributed by atoms with Crippen LogP contribution < -0.4 is 5.32 Å². The molecule has 0 aliphatic carbocycles. The molecule has 1 aromatic carbocycles. The minimum atomic E-state index is -0.208. The van der Waals surface area contributed by atoms with Gasteiger partial charge in [0.1, 0.15) is 5.82 Å². The van der Waals surface area contributed by atoms with Crippen LogP contribution in [0.5, 0.6) is 0 Å². The molecule has 0 bridgehead atoms. The van der Waals surface area contributed by atoms with Crippen molar-refractivity contribution in [2.45, 2.75) is 20.4 Å². The molecule has 0 saturated carbocycles. The quantitative estimate of drug-likeness (QED) is 0.926. The minimum absolute atomic E-state index is 0.208. The summed E-state index contributed by atoms with van der Waals surface area (Å²) in [7, 11) is 0. The average Bonchev–Trinajstić information content (AvgIpc) is 2.85. The van der Waals surface area contributed by atoms with Gasteiger partial charge in [-0.15, -0.1) is 0 Å². The average molecular weight is 268 g/mol. The second kappa shape index (κ2) is 6.02. The number of carbonyl (C=O) groups is 1. The van der Waals surface area contributed by atoms with E-state index in [0.717, 1.165) is 6.54 Å². The number of aromatic nitrogens is 2. The highest BCUT2D eigenvalue weighted by atomic mass is 16.1. The normalized spacial score (nSPS) is 10.3. The Morgan fingerprint density at radius 1 is 1.35 bits per heavy atom. The molecule has 20 heavy (non-hydrogen) atoms. The zero-order valence-electron chi connectivity index (χ0n) is 11.5. The van der Waals surface area contributed by atoms with Crippen molar-refractivity contribution in [2.75, 3.05) is 5.32 Å². The van der Waals surface area contributed by atoms with Crippen molar-refractivity contribution in [1.29, 1.82) is 5.26 Å². The second-order valence-corrected chi connectivity index (χ2v) is 4.94. The molecule has 5 nitrogen and oxygen atoms in total. The molecule has 102 valence electrons. The van der Waals surface area contributed by atoms with E-state index in [1.54, 1.807) is 41.2 Å². The number of anilines is 1. The van der Waals surface area contributed by atoms with E-state index < -0.39 is 0 Å². The van der Waals surface area contributed by atoms with Gasteiger partial charge in [0.25, 0.3) is 5.91 Å². The second-order valence-electron chi connectivity index (χ2n) is 4.94. The maximum Gasteiger partial charge on any atom is 0.256 e. The fraction of sp³-hybridized carbons (Fsp3) is 0.267.